The largest absolute Gasteiger partial charge is 0.410 e. The molecule has 0 spiro atoms. The molecule has 0 amide bonds. The lowest BCUT2D eigenvalue weighted by atomic mass is 9.97. The lowest BCUT2D eigenvalue weighted by molar-refractivity contribution is -0.173. The Kier molecular flexibility index (Phi) is 3.47. The second-order valence-corrected chi connectivity index (χ2v) is 6.07. The van der Waals surface area contributed by atoms with Crippen molar-refractivity contribution in [3.8, 4) is 0 Å². The number of nitrogens with one attached hydrogen (secondary N) is 1. The van der Waals surface area contributed by atoms with Gasteiger partial charge in [0.2, 0.25) is 0 Å². The van der Waals surface area contributed by atoms with Crippen LogP contribution in [0.3, 0.4) is 0 Å². The molecule has 1 aliphatic heterocycles. The van der Waals surface area contributed by atoms with E-state index in [2.05, 4.69) is 26.3 Å². The highest BCUT2D eigenvalue weighted by molar-refractivity contribution is 9.10. The van der Waals surface area contributed by atoms with Crippen molar-refractivity contribution in [2.75, 3.05) is 5.32 Å². The number of fused-ring (bicyclic) bond motifs is 1. The number of alkyl halides is 3. The zero-order chi connectivity index (χ0) is 15.2. The van der Waals surface area contributed by atoms with Crippen LogP contribution in [0, 0.1) is 6.92 Å². The van der Waals surface area contributed by atoms with E-state index in [1.807, 2.05) is 24.3 Å². The fraction of sp³-hybridized carbons (Fsp3) is 0.357. The van der Waals surface area contributed by atoms with E-state index in [-0.39, 0.29) is 12.5 Å². The van der Waals surface area contributed by atoms with Gasteiger partial charge in [0.25, 0.3) is 0 Å². The molecule has 0 radical (unpaired) electrons. The van der Waals surface area contributed by atoms with E-state index in [0.29, 0.717) is 11.5 Å². The summed E-state index contributed by atoms with van der Waals surface area (Å²) in [5, 5.41) is 7.11. The smallest absolute Gasteiger partial charge is 0.363 e. The van der Waals surface area contributed by atoms with Crippen LogP contribution in [-0.2, 0) is 0 Å². The van der Waals surface area contributed by atoms with E-state index in [1.165, 1.54) is 0 Å². The third-order valence-electron chi connectivity index (χ3n) is 3.58. The summed E-state index contributed by atoms with van der Waals surface area (Å²) in [6, 6.07) is 6.98. The molecule has 2 atom stereocenters. The summed E-state index contributed by atoms with van der Waals surface area (Å²) in [4.78, 5) is 0. The lowest BCUT2D eigenvalue weighted by Gasteiger charge is -2.33. The first-order valence-corrected chi connectivity index (χ1v) is 7.29. The number of benzene rings is 1. The molecule has 0 bridgehead atoms. The first-order chi connectivity index (χ1) is 9.84. The Hall–Kier alpha value is -1.50. The van der Waals surface area contributed by atoms with Crippen LogP contribution < -0.4 is 5.32 Å². The Morgan fingerprint density at radius 1 is 1.29 bits per heavy atom. The Bertz CT molecular complexity index is 648. The SMILES string of the molecule is Cc1cc2n(n1)[C@H](C(F)(F)F)C[C@H](c1ccc(Br)cc1)N2. The maximum absolute atomic E-state index is 13.3. The second kappa shape index (κ2) is 5.05. The van der Waals surface area contributed by atoms with Crippen LogP contribution in [0.25, 0.3) is 0 Å². The third kappa shape index (κ3) is 2.79. The van der Waals surface area contributed by atoms with E-state index < -0.39 is 12.2 Å². The molecule has 2 heterocycles. The summed E-state index contributed by atoms with van der Waals surface area (Å²) >= 11 is 3.33. The molecule has 1 aromatic carbocycles. The minimum atomic E-state index is -4.32. The highest BCUT2D eigenvalue weighted by atomic mass is 79.9. The summed E-state index contributed by atoms with van der Waals surface area (Å²) in [7, 11) is 0. The zero-order valence-electron chi connectivity index (χ0n) is 11.2. The minimum Gasteiger partial charge on any atom is -0.363 e. The molecule has 0 saturated carbocycles. The molecule has 3 rings (SSSR count). The lowest BCUT2D eigenvalue weighted by Crippen LogP contribution is -2.35. The topological polar surface area (TPSA) is 29.9 Å². The first-order valence-electron chi connectivity index (χ1n) is 6.49. The predicted octanol–water partition coefficient (Wildman–Crippen LogP) is 4.61. The number of hydrogen-bond acceptors (Lipinski definition) is 2. The van der Waals surface area contributed by atoms with Crippen LogP contribution in [0.15, 0.2) is 34.8 Å². The van der Waals surface area contributed by atoms with Gasteiger partial charge in [-0.25, -0.2) is 4.68 Å². The Balaban J connectivity index is 1.98. The van der Waals surface area contributed by atoms with Crippen molar-refractivity contribution in [1.82, 2.24) is 9.78 Å². The Morgan fingerprint density at radius 2 is 1.95 bits per heavy atom. The quantitative estimate of drug-likeness (QED) is 0.805. The number of halogens is 4. The van der Waals surface area contributed by atoms with Crippen molar-refractivity contribution < 1.29 is 13.2 Å². The first kappa shape index (κ1) is 14.4. The monoisotopic (exact) mass is 359 g/mol. The fourth-order valence-electron chi connectivity index (χ4n) is 2.61. The number of nitrogens with zero attached hydrogens (tertiary/aromatic N) is 2. The normalized spacial score (nSPS) is 21.8. The molecule has 1 aromatic heterocycles. The molecule has 21 heavy (non-hydrogen) atoms. The number of aromatic nitrogens is 2. The number of anilines is 1. The van der Waals surface area contributed by atoms with Gasteiger partial charge in [-0.1, -0.05) is 28.1 Å². The predicted molar refractivity (Wildman–Crippen MR) is 77.2 cm³/mol. The number of aryl methyl sites for hydroxylation is 1. The Morgan fingerprint density at radius 3 is 2.57 bits per heavy atom. The average Bonchev–Trinajstić information content (AvgIpc) is 2.77. The molecule has 1 aliphatic rings. The molecular weight excluding hydrogens is 347 g/mol. The van der Waals surface area contributed by atoms with Crippen LogP contribution in [0.2, 0.25) is 0 Å². The molecular formula is C14H13BrF3N3. The molecule has 0 fully saturated rings. The molecule has 0 unspecified atom stereocenters. The number of hydrogen-bond donors (Lipinski definition) is 1. The van der Waals surface area contributed by atoms with Crippen LogP contribution in [0.5, 0.6) is 0 Å². The Labute approximate surface area is 128 Å². The van der Waals surface area contributed by atoms with Crippen LogP contribution in [-0.4, -0.2) is 16.0 Å². The third-order valence-corrected chi connectivity index (χ3v) is 4.11. The van der Waals surface area contributed by atoms with E-state index in [4.69, 9.17) is 0 Å². The molecule has 1 N–H and O–H groups in total. The van der Waals surface area contributed by atoms with E-state index in [0.717, 1.165) is 14.7 Å². The fourth-order valence-corrected chi connectivity index (χ4v) is 2.87. The van der Waals surface area contributed by atoms with Crippen molar-refractivity contribution in [1.29, 1.82) is 0 Å². The number of rotatable bonds is 1. The molecule has 112 valence electrons. The summed E-state index contributed by atoms with van der Waals surface area (Å²) in [5.74, 6) is 0.411. The minimum absolute atomic E-state index is 0.0702. The molecule has 0 aliphatic carbocycles. The van der Waals surface area contributed by atoms with Gasteiger partial charge in [0, 0.05) is 17.0 Å². The van der Waals surface area contributed by atoms with Gasteiger partial charge in [0.05, 0.1) is 11.7 Å². The van der Waals surface area contributed by atoms with Gasteiger partial charge in [-0.05, 0) is 24.6 Å². The van der Waals surface area contributed by atoms with Gasteiger partial charge in [-0.3, -0.25) is 0 Å². The highest BCUT2D eigenvalue weighted by Gasteiger charge is 2.46. The van der Waals surface area contributed by atoms with E-state index >= 15 is 0 Å². The van der Waals surface area contributed by atoms with Crippen LogP contribution in [0.1, 0.15) is 29.8 Å². The summed E-state index contributed by atoms with van der Waals surface area (Å²) < 4.78 is 41.8. The molecule has 2 aromatic rings. The summed E-state index contributed by atoms with van der Waals surface area (Å²) in [5.41, 5.74) is 1.40. The standard InChI is InChI=1S/C14H13BrF3N3/c1-8-6-13-19-11(9-2-4-10(15)5-3-9)7-12(14(16,17)18)21(13)20-8/h2-6,11-12,19H,7H2,1H3/t11-,12+/m1/s1. The van der Waals surface area contributed by atoms with Gasteiger partial charge < -0.3 is 5.32 Å². The molecule has 0 saturated heterocycles. The maximum atomic E-state index is 13.3. The van der Waals surface area contributed by atoms with Gasteiger partial charge in [0.15, 0.2) is 6.04 Å². The van der Waals surface area contributed by atoms with Crippen molar-refractivity contribution in [2.45, 2.75) is 31.6 Å². The van der Waals surface area contributed by atoms with Crippen molar-refractivity contribution in [3.05, 3.63) is 46.1 Å². The second-order valence-electron chi connectivity index (χ2n) is 5.16. The molecule has 3 nitrogen and oxygen atoms in total. The maximum Gasteiger partial charge on any atom is 0.410 e. The van der Waals surface area contributed by atoms with Crippen molar-refractivity contribution in [3.63, 3.8) is 0 Å². The van der Waals surface area contributed by atoms with Crippen LogP contribution in [0.4, 0.5) is 19.0 Å². The van der Waals surface area contributed by atoms with Gasteiger partial charge >= 0.3 is 6.18 Å². The molecule has 7 heteroatoms. The van der Waals surface area contributed by atoms with E-state index in [9.17, 15) is 13.2 Å². The van der Waals surface area contributed by atoms with Gasteiger partial charge in [0.1, 0.15) is 5.82 Å². The summed E-state index contributed by atoms with van der Waals surface area (Å²) in [6.07, 6.45) is -4.39. The zero-order valence-corrected chi connectivity index (χ0v) is 12.7. The highest BCUT2D eigenvalue weighted by Crippen LogP contribution is 2.43. The van der Waals surface area contributed by atoms with Gasteiger partial charge in [-0.2, -0.15) is 18.3 Å². The van der Waals surface area contributed by atoms with E-state index in [1.54, 1.807) is 13.0 Å². The van der Waals surface area contributed by atoms with Crippen molar-refractivity contribution in [2.24, 2.45) is 0 Å². The average molecular weight is 360 g/mol. The summed E-state index contributed by atoms with van der Waals surface area (Å²) in [6.45, 7) is 1.69. The van der Waals surface area contributed by atoms with Crippen molar-refractivity contribution >= 4 is 21.7 Å². The van der Waals surface area contributed by atoms with Crippen LogP contribution >= 0.6 is 15.9 Å². The van der Waals surface area contributed by atoms with Gasteiger partial charge in [-0.15, -0.1) is 0 Å².